The van der Waals surface area contributed by atoms with Crippen LogP contribution >= 0.6 is 11.8 Å². The van der Waals surface area contributed by atoms with Gasteiger partial charge in [-0.3, -0.25) is 14.9 Å². The number of ether oxygens (including phenoxy) is 1. The highest BCUT2D eigenvalue weighted by atomic mass is 32.2. The summed E-state index contributed by atoms with van der Waals surface area (Å²) in [5.74, 6) is 0.489. The van der Waals surface area contributed by atoms with Gasteiger partial charge in [0.2, 0.25) is 0 Å². The molecule has 0 saturated carbocycles. The van der Waals surface area contributed by atoms with Crippen LogP contribution in [-0.4, -0.2) is 22.8 Å². The number of carbonyl (C=O) groups excluding carboxylic acids is 2. The molecule has 1 aromatic heterocycles. The van der Waals surface area contributed by atoms with E-state index >= 15 is 0 Å². The molecule has 4 rings (SSSR count). The monoisotopic (exact) mass is 364 g/mol. The molecule has 1 fully saturated rings. The number of fused-ring (bicyclic) bond motifs is 1. The molecule has 26 heavy (non-hydrogen) atoms. The van der Waals surface area contributed by atoms with Gasteiger partial charge in [0.15, 0.2) is 0 Å². The lowest BCUT2D eigenvalue weighted by molar-refractivity contribution is -0.115. The number of benzene rings is 2. The Morgan fingerprint density at radius 3 is 2.65 bits per heavy atom. The number of carbonyl (C=O) groups is 2. The average Bonchev–Trinajstić information content (AvgIpc) is 3.15. The summed E-state index contributed by atoms with van der Waals surface area (Å²) < 4.78 is 7.57. The third-order valence-electron chi connectivity index (χ3n) is 4.28. The minimum atomic E-state index is -0.346. The van der Waals surface area contributed by atoms with Gasteiger partial charge < -0.3 is 9.30 Å². The van der Waals surface area contributed by atoms with Crippen molar-refractivity contribution in [2.45, 2.75) is 6.54 Å². The Bertz CT molecular complexity index is 1050. The second-order valence-electron chi connectivity index (χ2n) is 5.89. The first-order valence-corrected chi connectivity index (χ1v) is 8.92. The molecule has 2 heterocycles. The van der Waals surface area contributed by atoms with Gasteiger partial charge in [-0.05, 0) is 30.0 Å². The van der Waals surface area contributed by atoms with Gasteiger partial charge in [0, 0.05) is 28.2 Å². The van der Waals surface area contributed by atoms with Crippen LogP contribution in [0.5, 0.6) is 5.75 Å². The maximum atomic E-state index is 11.9. The molecule has 2 aromatic carbocycles. The lowest BCUT2D eigenvalue weighted by atomic mass is 10.1. The highest BCUT2D eigenvalue weighted by molar-refractivity contribution is 8.18. The molecule has 0 unspecified atom stereocenters. The number of aromatic nitrogens is 1. The number of nitrogens with one attached hydrogen (secondary N) is 1. The van der Waals surface area contributed by atoms with E-state index in [1.165, 1.54) is 0 Å². The van der Waals surface area contributed by atoms with E-state index in [1.54, 1.807) is 13.2 Å². The Morgan fingerprint density at radius 2 is 1.88 bits per heavy atom. The van der Waals surface area contributed by atoms with Crippen LogP contribution in [0.15, 0.2) is 59.6 Å². The van der Waals surface area contributed by atoms with Crippen molar-refractivity contribution < 1.29 is 14.3 Å². The fourth-order valence-corrected chi connectivity index (χ4v) is 3.77. The number of thioether (sulfide) groups is 1. The molecule has 1 aliphatic heterocycles. The molecule has 1 saturated heterocycles. The van der Waals surface area contributed by atoms with E-state index in [0.717, 1.165) is 39.5 Å². The molecular formula is C20H16N2O3S. The third-order valence-corrected chi connectivity index (χ3v) is 5.09. The zero-order valence-corrected chi connectivity index (χ0v) is 14.9. The molecule has 0 bridgehead atoms. The van der Waals surface area contributed by atoms with Crippen molar-refractivity contribution in [3.05, 3.63) is 70.8 Å². The molecule has 0 atom stereocenters. The summed E-state index contributed by atoms with van der Waals surface area (Å²) >= 11 is 0.929. The van der Waals surface area contributed by atoms with Crippen molar-refractivity contribution in [1.82, 2.24) is 9.88 Å². The van der Waals surface area contributed by atoms with Crippen molar-refractivity contribution in [2.24, 2.45) is 0 Å². The summed E-state index contributed by atoms with van der Waals surface area (Å²) in [6, 6.07) is 15.9. The predicted octanol–water partition coefficient (Wildman–Crippen LogP) is 4.02. The number of hydrogen-bond acceptors (Lipinski definition) is 4. The Hall–Kier alpha value is -2.99. The van der Waals surface area contributed by atoms with Crippen LogP contribution in [0.25, 0.3) is 17.0 Å². The number of rotatable bonds is 4. The molecule has 2 amide bonds. The van der Waals surface area contributed by atoms with Crippen LogP contribution < -0.4 is 10.1 Å². The van der Waals surface area contributed by atoms with Gasteiger partial charge in [0.25, 0.3) is 11.1 Å². The quantitative estimate of drug-likeness (QED) is 0.710. The zero-order chi connectivity index (χ0) is 18.1. The van der Waals surface area contributed by atoms with Crippen molar-refractivity contribution in [2.75, 3.05) is 7.11 Å². The molecule has 0 spiro atoms. The van der Waals surface area contributed by atoms with Crippen LogP contribution in [0.4, 0.5) is 4.79 Å². The van der Waals surface area contributed by atoms with Crippen LogP contribution in [-0.2, 0) is 11.3 Å². The smallest absolute Gasteiger partial charge is 0.290 e. The van der Waals surface area contributed by atoms with Crippen LogP contribution in [0.2, 0.25) is 0 Å². The predicted molar refractivity (Wildman–Crippen MR) is 103 cm³/mol. The summed E-state index contributed by atoms with van der Waals surface area (Å²) in [4.78, 5) is 23.7. The Labute approximate surface area is 154 Å². The van der Waals surface area contributed by atoms with Crippen molar-refractivity contribution >= 4 is 39.9 Å². The first-order chi connectivity index (χ1) is 12.7. The Balaban J connectivity index is 1.78. The van der Waals surface area contributed by atoms with E-state index in [4.69, 9.17) is 4.74 Å². The maximum absolute atomic E-state index is 11.9. The minimum absolute atomic E-state index is 0.334. The van der Waals surface area contributed by atoms with Crippen LogP contribution in [0.3, 0.4) is 0 Å². The fraction of sp³-hybridized carbons (Fsp3) is 0.100. The first kappa shape index (κ1) is 16.5. The maximum Gasteiger partial charge on any atom is 0.290 e. The van der Waals surface area contributed by atoms with Crippen LogP contribution in [0, 0.1) is 0 Å². The normalized spacial score (nSPS) is 15.7. The van der Waals surface area contributed by atoms with E-state index in [9.17, 15) is 9.59 Å². The van der Waals surface area contributed by atoms with Gasteiger partial charge >= 0.3 is 0 Å². The van der Waals surface area contributed by atoms with E-state index in [0.29, 0.717) is 11.4 Å². The molecule has 5 nitrogen and oxygen atoms in total. The summed E-state index contributed by atoms with van der Waals surface area (Å²) in [7, 11) is 1.66. The largest absolute Gasteiger partial charge is 0.496 e. The average molecular weight is 364 g/mol. The summed E-state index contributed by atoms with van der Waals surface area (Å²) in [6.07, 6.45) is 3.77. The number of hydrogen-bond donors (Lipinski definition) is 1. The molecule has 1 N–H and O–H groups in total. The van der Waals surface area contributed by atoms with Crippen molar-refractivity contribution in [3.8, 4) is 5.75 Å². The lowest BCUT2D eigenvalue weighted by Gasteiger charge is -2.10. The van der Waals surface area contributed by atoms with E-state index < -0.39 is 0 Å². The molecule has 6 heteroatoms. The summed E-state index contributed by atoms with van der Waals surface area (Å²) in [6.45, 7) is 0.645. The number of para-hydroxylation sites is 2. The highest BCUT2D eigenvalue weighted by Crippen LogP contribution is 2.30. The lowest BCUT2D eigenvalue weighted by Crippen LogP contribution is -2.17. The second-order valence-corrected chi connectivity index (χ2v) is 6.91. The van der Waals surface area contributed by atoms with Crippen molar-refractivity contribution in [3.63, 3.8) is 0 Å². The molecule has 130 valence electrons. The van der Waals surface area contributed by atoms with Gasteiger partial charge in [-0.15, -0.1) is 0 Å². The Morgan fingerprint density at radius 1 is 1.12 bits per heavy atom. The second kappa shape index (κ2) is 6.72. The number of imide groups is 1. The summed E-state index contributed by atoms with van der Waals surface area (Å²) in [5, 5.41) is 2.99. The van der Waals surface area contributed by atoms with Gasteiger partial charge in [-0.25, -0.2) is 0 Å². The third kappa shape index (κ3) is 2.99. The standard InChI is InChI=1S/C20H16N2O3S/c1-25-17-9-5-2-6-13(17)11-22-12-14(15-7-3-4-8-16(15)22)10-18-19(23)21-20(24)26-18/h2-10,12H,11H2,1H3,(H,21,23,24)/b18-10-. The van der Waals surface area contributed by atoms with Gasteiger partial charge in [-0.1, -0.05) is 36.4 Å². The van der Waals surface area contributed by atoms with E-state index in [1.807, 2.05) is 54.7 Å². The van der Waals surface area contributed by atoms with Gasteiger partial charge in [-0.2, -0.15) is 0 Å². The number of nitrogens with zero attached hydrogens (tertiary/aromatic N) is 1. The zero-order valence-electron chi connectivity index (χ0n) is 14.1. The number of methoxy groups -OCH3 is 1. The first-order valence-electron chi connectivity index (χ1n) is 8.10. The molecule has 0 radical (unpaired) electrons. The Kier molecular flexibility index (Phi) is 4.26. The number of amides is 2. The fourth-order valence-electron chi connectivity index (χ4n) is 3.10. The topological polar surface area (TPSA) is 60.3 Å². The van der Waals surface area contributed by atoms with Gasteiger partial charge in [0.1, 0.15) is 5.75 Å². The molecule has 1 aliphatic rings. The summed E-state index contributed by atoms with van der Waals surface area (Å²) in [5.41, 5.74) is 3.03. The molecule has 0 aliphatic carbocycles. The SMILES string of the molecule is COc1ccccc1Cn1cc(/C=C2\SC(=O)NC2=O)c2ccccc21. The van der Waals surface area contributed by atoms with E-state index in [2.05, 4.69) is 9.88 Å². The van der Waals surface area contributed by atoms with E-state index in [-0.39, 0.29) is 11.1 Å². The van der Waals surface area contributed by atoms with Crippen molar-refractivity contribution in [1.29, 1.82) is 0 Å². The highest BCUT2D eigenvalue weighted by Gasteiger charge is 2.25. The molecule has 3 aromatic rings. The van der Waals surface area contributed by atoms with Gasteiger partial charge in [0.05, 0.1) is 18.6 Å². The van der Waals surface area contributed by atoms with Crippen LogP contribution in [0.1, 0.15) is 11.1 Å². The molecular weight excluding hydrogens is 348 g/mol. The minimum Gasteiger partial charge on any atom is -0.496 e.